The van der Waals surface area contributed by atoms with Crippen LogP contribution < -0.4 is 5.32 Å². The minimum Gasteiger partial charge on any atom is -0.481 e. The molecule has 1 aliphatic heterocycles. The van der Waals surface area contributed by atoms with Crippen molar-refractivity contribution in [2.45, 2.75) is 12.5 Å². The fraction of sp³-hybridized carbons (Fsp3) is 0.231. The van der Waals surface area contributed by atoms with E-state index in [1.165, 1.54) is 0 Å². The molecule has 2 atom stereocenters. The molecule has 4 nitrogen and oxygen atoms in total. The second-order valence-corrected chi connectivity index (χ2v) is 4.24. The van der Waals surface area contributed by atoms with Gasteiger partial charge in [-0.2, -0.15) is 0 Å². The lowest BCUT2D eigenvalue weighted by molar-refractivity contribution is -0.140. The fourth-order valence-corrected chi connectivity index (χ4v) is 2.31. The van der Waals surface area contributed by atoms with Crippen LogP contribution in [0, 0.1) is 5.92 Å². The Morgan fingerprint density at radius 1 is 1.41 bits per heavy atom. The van der Waals surface area contributed by atoms with Gasteiger partial charge in [-0.05, 0) is 12.1 Å². The lowest BCUT2D eigenvalue weighted by Crippen LogP contribution is -2.43. The number of carboxylic acid groups (broad SMARTS) is 1. The first-order valence-corrected chi connectivity index (χ1v) is 5.58. The number of carboxylic acids is 1. The highest BCUT2D eigenvalue weighted by molar-refractivity contribution is 6.03. The molecule has 3 rings (SSSR count). The van der Waals surface area contributed by atoms with Crippen LogP contribution in [-0.2, 0) is 4.79 Å². The Hall–Kier alpha value is -2.10. The van der Waals surface area contributed by atoms with Gasteiger partial charge in [0.15, 0.2) is 0 Å². The van der Waals surface area contributed by atoms with Crippen molar-refractivity contribution in [2.24, 2.45) is 10.9 Å². The molecule has 2 N–H and O–H groups in total. The van der Waals surface area contributed by atoms with Gasteiger partial charge < -0.3 is 10.4 Å². The Kier molecular flexibility index (Phi) is 2.21. The number of fused-ring (bicyclic) bond motifs is 2. The number of carbonyl (C=O) groups is 1. The van der Waals surface area contributed by atoms with E-state index in [4.69, 9.17) is 0 Å². The quantitative estimate of drug-likeness (QED) is 0.724. The van der Waals surface area contributed by atoms with E-state index in [-0.39, 0.29) is 6.04 Å². The Balaban J connectivity index is 2.04. The number of nitrogens with zero attached hydrogens (tertiary/aromatic N) is 1. The molecule has 17 heavy (non-hydrogen) atoms. The maximum Gasteiger partial charge on any atom is 0.312 e. The Morgan fingerprint density at radius 3 is 3.06 bits per heavy atom. The number of anilines is 1. The number of hydrogen-bond donors (Lipinski definition) is 2. The van der Waals surface area contributed by atoms with Crippen molar-refractivity contribution in [3.8, 4) is 0 Å². The standard InChI is InChI=1S/C13H12N2O2/c16-13(17)8-4-3-7-11-12(8)15-10-6-2-1-5-9(10)14-11/h1-6,8,12,15H,7H2,(H,16,17)/t8-,12+/m1/s1. The second-order valence-electron chi connectivity index (χ2n) is 4.24. The Labute approximate surface area is 98.7 Å². The molecule has 0 fully saturated rings. The molecule has 0 radical (unpaired) electrons. The summed E-state index contributed by atoms with van der Waals surface area (Å²) in [6, 6.07) is 7.48. The lowest BCUT2D eigenvalue weighted by Gasteiger charge is -2.32. The lowest BCUT2D eigenvalue weighted by atomic mass is 9.87. The maximum absolute atomic E-state index is 11.2. The summed E-state index contributed by atoms with van der Waals surface area (Å²) in [5.41, 5.74) is 2.69. The largest absolute Gasteiger partial charge is 0.481 e. The Bertz CT molecular complexity index is 534. The van der Waals surface area contributed by atoms with Gasteiger partial charge in [-0.3, -0.25) is 9.79 Å². The van der Waals surface area contributed by atoms with Crippen LogP contribution in [0.1, 0.15) is 6.42 Å². The van der Waals surface area contributed by atoms with Crippen LogP contribution in [0.25, 0.3) is 0 Å². The summed E-state index contributed by atoms with van der Waals surface area (Å²) in [7, 11) is 0. The van der Waals surface area contributed by atoms with E-state index >= 15 is 0 Å². The molecule has 0 amide bonds. The number of para-hydroxylation sites is 2. The zero-order chi connectivity index (χ0) is 11.8. The van der Waals surface area contributed by atoms with Crippen LogP contribution in [0.2, 0.25) is 0 Å². The van der Waals surface area contributed by atoms with Crippen molar-refractivity contribution in [2.75, 3.05) is 5.32 Å². The summed E-state index contributed by atoms with van der Waals surface area (Å²) >= 11 is 0. The van der Waals surface area contributed by atoms with Gasteiger partial charge in [0.05, 0.1) is 17.4 Å². The molecule has 2 aliphatic rings. The Morgan fingerprint density at radius 2 is 2.24 bits per heavy atom. The van der Waals surface area contributed by atoms with Gasteiger partial charge >= 0.3 is 5.97 Å². The summed E-state index contributed by atoms with van der Waals surface area (Å²) in [5, 5.41) is 12.4. The molecule has 1 aromatic rings. The summed E-state index contributed by atoms with van der Waals surface area (Å²) < 4.78 is 0. The van der Waals surface area contributed by atoms with E-state index in [2.05, 4.69) is 10.3 Å². The summed E-state index contributed by atoms with van der Waals surface area (Å²) in [5.74, 6) is -1.35. The van der Waals surface area contributed by atoms with Gasteiger partial charge in [-0.25, -0.2) is 0 Å². The highest BCUT2D eigenvalue weighted by Crippen LogP contribution is 2.33. The van der Waals surface area contributed by atoms with Crippen LogP contribution in [0.4, 0.5) is 11.4 Å². The molecule has 0 saturated heterocycles. The first kappa shape index (κ1) is 10.1. The van der Waals surface area contributed by atoms with Crippen molar-refractivity contribution in [1.82, 2.24) is 0 Å². The third-order valence-corrected chi connectivity index (χ3v) is 3.15. The van der Waals surface area contributed by atoms with E-state index in [9.17, 15) is 9.90 Å². The molecule has 1 aromatic carbocycles. The van der Waals surface area contributed by atoms with E-state index in [1.54, 1.807) is 6.08 Å². The molecule has 0 bridgehead atoms. The summed E-state index contributed by atoms with van der Waals surface area (Å²) in [6.45, 7) is 0. The van der Waals surface area contributed by atoms with Crippen molar-refractivity contribution in [3.63, 3.8) is 0 Å². The molecule has 1 heterocycles. The highest BCUT2D eigenvalue weighted by atomic mass is 16.4. The van der Waals surface area contributed by atoms with E-state index in [0.29, 0.717) is 0 Å². The molecular formula is C13H12N2O2. The predicted octanol–water partition coefficient (Wildman–Crippen LogP) is 2.21. The van der Waals surface area contributed by atoms with Crippen molar-refractivity contribution in [3.05, 3.63) is 36.4 Å². The highest BCUT2D eigenvalue weighted by Gasteiger charge is 2.34. The number of benzene rings is 1. The maximum atomic E-state index is 11.2. The van der Waals surface area contributed by atoms with E-state index < -0.39 is 11.9 Å². The van der Waals surface area contributed by atoms with Gasteiger partial charge in [0.2, 0.25) is 0 Å². The van der Waals surface area contributed by atoms with Crippen molar-refractivity contribution in [1.29, 1.82) is 0 Å². The topological polar surface area (TPSA) is 61.7 Å². The van der Waals surface area contributed by atoms with Crippen molar-refractivity contribution < 1.29 is 9.90 Å². The smallest absolute Gasteiger partial charge is 0.312 e. The monoisotopic (exact) mass is 228 g/mol. The van der Waals surface area contributed by atoms with E-state index in [0.717, 1.165) is 23.5 Å². The van der Waals surface area contributed by atoms with Crippen LogP contribution in [-0.4, -0.2) is 22.8 Å². The number of rotatable bonds is 1. The molecule has 1 aliphatic carbocycles. The third-order valence-electron chi connectivity index (χ3n) is 3.15. The minimum atomic E-state index is -0.814. The predicted molar refractivity (Wildman–Crippen MR) is 65.8 cm³/mol. The molecule has 0 spiro atoms. The van der Waals surface area contributed by atoms with Gasteiger partial charge in [-0.15, -0.1) is 0 Å². The molecule has 86 valence electrons. The normalized spacial score (nSPS) is 25.3. The van der Waals surface area contributed by atoms with Gasteiger partial charge in [0.1, 0.15) is 5.92 Å². The number of allylic oxidation sites excluding steroid dienone is 1. The van der Waals surface area contributed by atoms with Gasteiger partial charge in [0.25, 0.3) is 0 Å². The SMILES string of the molecule is O=C(O)[C@@H]1C=CCC2=Nc3ccccc3N[C@H]21. The van der Waals surface area contributed by atoms with Crippen LogP contribution in [0.3, 0.4) is 0 Å². The first-order valence-electron chi connectivity index (χ1n) is 5.58. The molecule has 0 unspecified atom stereocenters. The average molecular weight is 228 g/mol. The molecule has 0 saturated carbocycles. The molecule has 4 heteroatoms. The van der Waals surface area contributed by atoms with Crippen LogP contribution in [0.5, 0.6) is 0 Å². The number of hydrogen-bond acceptors (Lipinski definition) is 3. The molecular weight excluding hydrogens is 216 g/mol. The van der Waals surface area contributed by atoms with E-state index in [1.807, 2.05) is 30.3 Å². The summed E-state index contributed by atoms with van der Waals surface area (Å²) in [6.07, 6.45) is 4.34. The van der Waals surface area contributed by atoms with Crippen LogP contribution in [0.15, 0.2) is 41.4 Å². The zero-order valence-corrected chi connectivity index (χ0v) is 9.13. The first-order chi connectivity index (χ1) is 8.25. The minimum absolute atomic E-state index is 0.215. The number of aliphatic imine (C=N–C) groups is 1. The summed E-state index contributed by atoms with van der Waals surface area (Å²) in [4.78, 5) is 15.7. The van der Waals surface area contributed by atoms with Gasteiger partial charge in [0, 0.05) is 12.1 Å². The zero-order valence-electron chi connectivity index (χ0n) is 9.13. The fourth-order valence-electron chi connectivity index (χ4n) is 2.31. The van der Waals surface area contributed by atoms with Crippen molar-refractivity contribution >= 4 is 23.1 Å². The van der Waals surface area contributed by atoms with Crippen LogP contribution >= 0.6 is 0 Å². The average Bonchev–Trinajstić information content (AvgIpc) is 2.35. The molecule has 0 aromatic heterocycles. The number of nitrogens with one attached hydrogen (secondary N) is 1. The third kappa shape index (κ3) is 1.62. The number of aliphatic carboxylic acids is 1. The second kappa shape index (κ2) is 3.73. The van der Waals surface area contributed by atoms with Gasteiger partial charge in [-0.1, -0.05) is 24.3 Å².